The number of ether oxygens (including phenoxy) is 2. The Morgan fingerprint density at radius 1 is 0.889 bits per heavy atom. The molecule has 2 aromatic carbocycles. The zero-order chi connectivity index (χ0) is 19.1. The van der Waals surface area contributed by atoms with Gasteiger partial charge in [-0.25, -0.2) is 4.79 Å². The molecule has 0 unspecified atom stereocenters. The highest BCUT2D eigenvalue weighted by Crippen LogP contribution is 2.19. The van der Waals surface area contributed by atoms with Crippen LogP contribution in [0, 0.1) is 0 Å². The van der Waals surface area contributed by atoms with Crippen molar-refractivity contribution in [3.8, 4) is 11.5 Å². The van der Waals surface area contributed by atoms with E-state index in [-0.39, 0.29) is 0 Å². The highest BCUT2D eigenvalue weighted by atomic mass is 16.5. The van der Waals surface area contributed by atoms with E-state index >= 15 is 0 Å². The van der Waals surface area contributed by atoms with Crippen LogP contribution in [0.3, 0.4) is 0 Å². The van der Waals surface area contributed by atoms with Crippen LogP contribution in [-0.2, 0) is 13.2 Å². The van der Waals surface area contributed by atoms with E-state index in [0.29, 0.717) is 26.3 Å². The third kappa shape index (κ3) is 5.62. The number of nitrogens with zero attached hydrogens (tertiary/aromatic N) is 2. The molecule has 0 aromatic heterocycles. The van der Waals surface area contributed by atoms with Crippen LogP contribution in [0.1, 0.15) is 18.1 Å². The summed E-state index contributed by atoms with van der Waals surface area (Å²) in [5.74, 6) is 1.66. The first-order valence-corrected chi connectivity index (χ1v) is 9.28. The van der Waals surface area contributed by atoms with E-state index < -0.39 is 6.09 Å². The number of piperazine rings is 1. The van der Waals surface area contributed by atoms with Crippen LogP contribution in [0.5, 0.6) is 11.5 Å². The summed E-state index contributed by atoms with van der Waals surface area (Å²) < 4.78 is 11.2. The summed E-state index contributed by atoms with van der Waals surface area (Å²) in [5.41, 5.74) is 2.34. The standard InChI is InChI=1S/C21H26N2O4/c1-2-26-19-7-9-20(10-8-19)27-16-18-5-3-17(4-6-18)15-22-11-13-23(14-12-22)21(24)25/h3-10H,2,11-16H2,1H3,(H,24,25). The van der Waals surface area contributed by atoms with Gasteiger partial charge in [0.2, 0.25) is 0 Å². The van der Waals surface area contributed by atoms with Gasteiger partial charge in [0.25, 0.3) is 0 Å². The highest BCUT2D eigenvalue weighted by Gasteiger charge is 2.20. The van der Waals surface area contributed by atoms with Crippen LogP contribution in [0.4, 0.5) is 4.79 Å². The molecule has 0 saturated carbocycles. The number of benzene rings is 2. The quantitative estimate of drug-likeness (QED) is 0.809. The van der Waals surface area contributed by atoms with Gasteiger partial charge < -0.3 is 19.5 Å². The summed E-state index contributed by atoms with van der Waals surface area (Å²) in [4.78, 5) is 14.7. The minimum Gasteiger partial charge on any atom is -0.494 e. The van der Waals surface area contributed by atoms with Gasteiger partial charge in [0.15, 0.2) is 0 Å². The summed E-state index contributed by atoms with van der Waals surface area (Å²) in [7, 11) is 0. The maximum absolute atomic E-state index is 11.0. The maximum atomic E-state index is 11.0. The van der Waals surface area contributed by atoms with Crippen LogP contribution in [0.2, 0.25) is 0 Å². The molecule has 144 valence electrons. The van der Waals surface area contributed by atoms with Crippen molar-refractivity contribution in [3.63, 3.8) is 0 Å². The summed E-state index contributed by atoms with van der Waals surface area (Å²) in [5, 5.41) is 9.00. The van der Waals surface area contributed by atoms with Crippen molar-refractivity contribution in [1.29, 1.82) is 0 Å². The highest BCUT2D eigenvalue weighted by molar-refractivity contribution is 5.65. The molecule has 3 rings (SSSR count). The van der Waals surface area contributed by atoms with E-state index in [9.17, 15) is 4.79 Å². The Balaban J connectivity index is 1.45. The third-order valence-electron chi connectivity index (χ3n) is 4.61. The summed E-state index contributed by atoms with van der Waals surface area (Å²) >= 11 is 0. The third-order valence-corrected chi connectivity index (χ3v) is 4.61. The molecule has 1 aliphatic rings. The smallest absolute Gasteiger partial charge is 0.407 e. The lowest BCUT2D eigenvalue weighted by Gasteiger charge is -2.33. The SMILES string of the molecule is CCOc1ccc(OCc2ccc(CN3CCN(C(=O)O)CC3)cc2)cc1. The predicted octanol–water partition coefficient (Wildman–Crippen LogP) is 3.46. The van der Waals surface area contributed by atoms with Crippen molar-refractivity contribution >= 4 is 6.09 Å². The molecule has 27 heavy (non-hydrogen) atoms. The summed E-state index contributed by atoms with van der Waals surface area (Å²) in [6.07, 6.45) is -0.827. The van der Waals surface area contributed by atoms with Crippen LogP contribution >= 0.6 is 0 Å². The fraction of sp³-hybridized carbons (Fsp3) is 0.381. The number of carboxylic acid groups (broad SMARTS) is 1. The van der Waals surface area contributed by atoms with E-state index in [4.69, 9.17) is 14.6 Å². The number of carbonyl (C=O) groups is 1. The Labute approximate surface area is 159 Å². The molecule has 1 N–H and O–H groups in total. The fourth-order valence-electron chi connectivity index (χ4n) is 3.06. The Morgan fingerprint density at radius 2 is 1.44 bits per heavy atom. The first-order chi connectivity index (χ1) is 13.1. The number of amides is 1. The molecular weight excluding hydrogens is 344 g/mol. The Bertz CT molecular complexity index is 723. The Morgan fingerprint density at radius 3 is 2.00 bits per heavy atom. The molecule has 0 atom stereocenters. The second kappa shape index (κ2) is 9.28. The van der Waals surface area contributed by atoms with Gasteiger partial charge in [0.05, 0.1) is 6.61 Å². The van der Waals surface area contributed by atoms with Crippen molar-refractivity contribution < 1.29 is 19.4 Å². The van der Waals surface area contributed by atoms with Gasteiger partial charge in [-0.3, -0.25) is 4.90 Å². The van der Waals surface area contributed by atoms with E-state index in [1.807, 2.05) is 31.2 Å². The fourth-order valence-corrected chi connectivity index (χ4v) is 3.06. The van der Waals surface area contributed by atoms with Crippen LogP contribution < -0.4 is 9.47 Å². The van der Waals surface area contributed by atoms with Gasteiger partial charge in [-0.1, -0.05) is 24.3 Å². The van der Waals surface area contributed by atoms with Crippen molar-refractivity contribution in [2.24, 2.45) is 0 Å². The lowest BCUT2D eigenvalue weighted by molar-refractivity contribution is 0.103. The predicted molar refractivity (Wildman–Crippen MR) is 103 cm³/mol. The van der Waals surface area contributed by atoms with Crippen molar-refractivity contribution in [3.05, 3.63) is 59.7 Å². The molecule has 6 heteroatoms. The number of rotatable bonds is 7. The Kier molecular flexibility index (Phi) is 6.54. The second-order valence-electron chi connectivity index (χ2n) is 6.56. The molecule has 1 heterocycles. The lowest BCUT2D eigenvalue weighted by atomic mass is 10.1. The average Bonchev–Trinajstić information content (AvgIpc) is 2.69. The molecule has 6 nitrogen and oxygen atoms in total. The van der Waals surface area contributed by atoms with Gasteiger partial charge >= 0.3 is 6.09 Å². The molecule has 0 bridgehead atoms. The minimum atomic E-state index is -0.827. The topological polar surface area (TPSA) is 62.2 Å². The monoisotopic (exact) mass is 370 g/mol. The summed E-state index contributed by atoms with van der Waals surface area (Å²) in [6, 6.07) is 16.0. The number of hydrogen-bond donors (Lipinski definition) is 1. The van der Waals surface area contributed by atoms with Crippen molar-refractivity contribution in [2.45, 2.75) is 20.1 Å². The first-order valence-electron chi connectivity index (χ1n) is 9.28. The average molecular weight is 370 g/mol. The van der Waals surface area contributed by atoms with Gasteiger partial charge in [-0.15, -0.1) is 0 Å². The van der Waals surface area contributed by atoms with Gasteiger partial charge in [-0.2, -0.15) is 0 Å². The Hall–Kier alpha value is -2.73. The van der Waals surface area contributed by atoms with E-state index in [0.717, 1.165) is 36.7 Å². The van der Waals surface area contributed by atoms with E-state index in [2.05, 4.69) is 29.2 Å². The molecule has 2 aromatic rings. The molecule has 0 radical (unpaired) electrons. The zero-order valence-electron chi connectivity index (χ0n) is 15.6. The molecular formula is C21H26N2O4. The van der Waals surface area contributed by atoms with Gasteiger partial charge in [0.1, 0.15) is 18.1 Å². The largest absolute Gasteiger partial charge is 0.494 e. The number of hydrogen-bond acceptors (Lipinski definition) is 4. The van der Waals surface area contributed by atoms with E-state index in [1.54, 1.807) is 0 Å². The molecule has 0 spiro atoms. The second-order valence-corrected chi connectivity index (χ2v) is 6.56. The summed E-state index contributed by atoms with van der Waals surface area (Å²) in [6.45, 7) is 6.67. The molecule has 1 amide bonds. The lowest BCUT2D eigenvalue weighted by Crippen LogP contribution is -2.47. The molecule has 1 saturated heterocycles. The normalized spacial score (nSPS) is 14.8. The van der Waals surface area contributed by atoms with E-state index in [1.165, 1.54) is 10.5 Å². The van der Waals surface area contributed by atoms with Gasteiger partial charge in [-0.05, 0) is 42.3 Å². The van der Waals surface area contributed by atoms with Crippen LogP contribution in [-0.4, -0.2) is 53.8 Å². The van der Waals surface area contributed by atoms with Crippen LogP contribution in [0.25, 0.3) is 0 Å². The van der Waals surface area contributed by atoms with Gasteiger partial charge in [0, 0.05) is 32.7 Å². The van der Waals surface area contributed by atoms with Crippen LogP contribution in [0.15, 0.2) is 48.5 Å². The molecule has 0 aliphatic carbocycles. The van der Waals surface area contributed by atoms with Crippen molar-refractivity contribution in [2.75, 3.05) is 32.8 Å². The zero-order valence-corrected chi connectivity index (χ0v) is 15.6. The first kappa shape index (κ1) is 19.0. The molecule has 1 fully saturated rings. The van der Waals surface area contributed by atoms with Crippen molar-refractivity contribution in [1.82, 2.24) is 9.80 Å². The maximum Gasteiger partial charge on any atom is 0.407 e. The molecule has 1 aliphatic heterocycles. The minimum absolute atomic E-state index is 0.519.